The maximum Gasteiger partial charge on any atom is 0.284 e. The Kier molecular flexibility index (Phi) is 26.6. The minimum atomic E-state index is 0.250. The van der Waals surface area contributed by atoms with Crippen LogP contribution in [0, 0.1) is 4.84 Å². The van der Waals surface area contributed by atoms with Gasteiger partial charge in [0.2, 0.25) is 11.8 Å². The molecule has 2 N–H and O–H groups in total. The van der Waals surface area contributed by atoms with Gasteiger partial charge in [-0.1, -0.05) is 117 Å². The molecule has 2 aromatic heterocycles. The molecule has 4 rings (SSSR count). The van der Waals surface area contributed by atoms with Gasteiger partial charge in [-0.3, -0.25) is 0 Å². The second-order valence-electron chi connectivity index (χ2n) is 7.37. The number of aromatic nitrogens is 4. The van der Waals surface area contributed by atoms with Crippen LogP contribution in [0.3, 0.4) is 0 Å². The third-order valence-corrected chi connectivity index (χ3v) is 8.38. The summed E-state index contributed by atoms with van der Waals surface area (Å²) in [6.45, 7) is 12.1. The molecule has 0 unspecified atom stereocenters. The Bertz CT molecular complexity index is 1150. The Morgan fingerprint density at radius 2 is 1.27 bits per heavy atom. The Balaban J connectivity index is 0.000000550. The molecule has 8 nitrogen and oxygen atoms in total. The van der Waals surface area contributed by atoms with E-state index in [0.717, 1.165) is 32.9 Å². The number of nitrogens with zero attached hydrogens (tertiary/aromatic N) is 4. The monoisotopic (exact) mass is 795 g/mol. The Morgan fingerprint density at radius 3 is 1.63 bits per heavy atom. The van der Waals surface area contributed by atoms with Gasteiger partial charge in [0.25, 0.3) is 10.1 Å². The second-order valence-corrected chi connectivity index (χ2v) is 11.2. The molecule has 0 bridgehead atoms. The first-order valence-electron chi connectivity index (χ1n) is 13.1. The van der Waals surface area contributed by atoms with Crippen molar-refractivity contribution in [3.63, 3.8) is 0 Å². The average molecular weight is 799 g/mol. The number of aliphatic hydroxyl groups is 1. The molecule has 228 valence electrons. The predicted molar refractivity (Wildman–Crippen MR) is 185 cm³/mol. The lowest BCUT2D eigenvalue weighted by Crippen LogP contribution is -2.21. The molecule has 0 aliphatic carbocycles. The topological polar surface area (TPSA) is 104 Å². The van der Waals surface area contributed by atoms with Crippen LogP contribution in [-0.2, 0) is 0 Å². The third-order valence-electron chi connectivity index (χ3n) is 4.60. The standard InChI is InChI=1S/C10H9BrN2OS.C8H6N2OS.C6H15N.C2H4Br2.C2H6O/c11-6-7-15-10-13-12-9(14-10)8-4-2-1-3-5-8;12-8-10-9-7(11-8)6-4-2-1-3-5-6;1-4-7(5-2)6-3;3-1-2-4;1-2-3/h1-5H,6-7H2;1-5H,(H,10,12);4-6H2,1-3H3;1-2H2;3H,2H2,1H3. The van der Waals surface area contributed by atoms with Crippen LogP contribution in [0.4, 0.5) is 0 Å². The van der Waals surface area contributed by atoms with E-state index in [2.05, 4.69) is 93.9 Å². The molecule has 0 saturated heterocycles. The lowest BCUT2D eigenvalue weighted by molar-refractivity contribution is 0.318. The van der Waals surface area contributed by atoms with Crippen molar-refractivity contribution in [2.45, 2.75) is 32.9 Å². The maximum atomic E-state index is 7.57. The van der Waals surface area contributed by atoms with Crippen LogP contribution in [-0.4, -0.2) is 78.4 Å². The van der Waals surface area contributed by atoms with Crippen LogP contribution in [0.5, 0.6) is 0 Å². The molecule has 0 spiro atoms. The number of hydrogen-bond donors (Lipinski definition) is 2. The number of nitrogens with one attached hydrogen (secondary N) is 1. The van der Waals surface area contributed by atoms with Crippen molar-refractivity contribution in [1.82, 2.24) is 25.3 Å². The number of aliphatic hydroxyl groups excluding tert-OH is 1. The summed E-state index contributed by atoms with van der Waals surface area (Å²) >= 11 is 16.0. The van der Waals surface area contributed by atoms with E-state index in [4.69, 9.17) is 26.2 Å². The smallest absolute Gasteiger partial charge is 0.284 e. The lowest BCUT2D eigenvalue weighted by atomic mass is 10.2. The van der Waals surface area contributed by atoms with Gasteiger partial charge in [-0.2, -0.15) is 0 Å². The van der Waals surface area contributed by atoms with E-state index in [1.807, 2.05) is 60.7 Å². The average Bonchev–Trinajstić information content (AvgIpc) is 3.68. The summed E-state index contributed by atoms with van der Waals surface area (Å²) in [5, 5.41) is 25.6. The molecule has 2 heterocycles. The first-order chi connectivity index (χ1) is 19.9. The van der Waals surface area contributed by atoms with Crippen molar-refractivity contribution in [1.29, 1.82) is 0 Å². The van der Waals surface area contributed by atoms with Gasteiger partial charge in [-0.05, 0) is 63.0 Å². The minimum absolute atomic E-state index is 0.250. The van der Waals surface area contributed by atoms with E-state index >= 15 is 0 Å². The summed E-state index contributed by atoms with van der Waals surface area (Å²) in [6, 6.07) is 19.4. The third kappa shape index (κ3) is 19.5. The van der Waals surface area contributed by atoms with Gasteiger partial charge in [0.15, 0.2) is 0 Å². The number of rotatable bonds is 9. The van der Waals surface area contributed by atoms with Crippen molar-refractivity contribution in [3.8, 4) is 22.9 Å². The zero-order valence-electron chi connectivity index (χ0n) is 23.9. The molecule has 13 heteroatoms. The van der Waals surface area contributed by atoms with Gasteiger partial charge in [0, 0.05) is 39.5 Å². The van der Waals surface area contributed by atoms with Gasteiger partial charge in [0.05, 0.1) is 0 Å². The number of alkyl halides is 3. The van der Waals surface area contributed by atoms with Crippen molar-refractivity contribution >= 4 is 71.8 Å². The Labute approximate surface area is 278 Å². The van der Waals surface area contributed by atoms with Gasteiger partial charge in [-0.25, -0.2) is 5.10 Å². The van der Waals surface area contributed by atoms with Gasteiger partial charge in [0.1, 0.15) is 0 Å². The Morgan fingerprint density at radius 1 is 0.780 bits per heavy atom. The summed E-state index contributed by atoms with van der Waals surface area (Å²) in [5.74, 6) is 2.03. The van der Waals surface area contributed by atoms with E-state index in [1.54, 1.807) is 18.7 Å². The number of hydrogen-bond acceptors (Lipinski definition) is 9. The Hall–Kier alpha value is -1.35. The summed E-state index contributed by atoms with van der Waals surface area (Å²) in [4.78, 5) is 2.67. The molecular weight excluding hydrogens is 758 g/mol. The van der Waals surface area contributed by atoms with E-state index in [9.17, 15) is 0 Å². The summed E-state index contributed by atoms with van der Waals surface area (Å²) in [5.41, 5.74) is 1.88. The van der Waals surface area contributed by atoms with Crippen LogP contribution in [0.2, 0.25) is 0 Å². The van der Waals surface area contributed by atoms with Gasteiger partial charge >= 0.3 is 0 Å². The van der Waals surface area contributed by atoms with Crippen molar-refractivity contribution in [3.05, 3.63) is 65.5 Å². The molecule has 2 aromatic carbocycles. The molecule has 0 amide bonds. The number of aromatic amines is 1. The normalized spacial score (nSPS) is 9.68. The zero-order valence-corrected chi connectivity index (χ0v) is 30.3. The SMILES string of the molecule is BrCCBr.BrCCSc1nnc(-c2ccccc2)o1.CCN(CC)CC.CCO.S=c1[nH]nc(-c2ccccc2)o1. The van der Waals surface area contributed by atoms with Crippen molar-refractivity contribution in [2.24, 2.45) is 0 Å². The summed E-state index contributed by atoms with van der Waals surface area (Å²) < 4.78 is 10.6. The van der Waals surface area contributed by atoms with Crippen LogP contribution >= 0.6 is 71.8 Å². The molecule has 0 aliphatic rings. The molecule has 4 aromatic rings. The number of halogens is 3. The minimum Gasteiger partial charge on any atom is -0.411 e. The molecule has 0 aliphatic heterocycles. The first-order valence-corrected chi connectivity index (χ1v) is 17.8. The first kappa shape index (κ1) is 39.6. The summed E-state index contributed by atoms with van der Waals surface area (Å²) in [6.07, 6.45) is 0. The number of benzene rings is 2. The lowest BCUT2D eigenvalue weighted by Gasteiger charge is -2.13. The fraction of sp³-hybridized carbons (Fsp3) is 0.429. The largest absolute Gasteiger partial charge is 0.411 e. The second kappa shape index (κ2) is 27.5. The highest BCUT2D eigenvalue weighted by molar-refractivity contribution is 9.12. The van der Waals surface area contributed by atoms with Gasteiger partial charge < -0.3 is 18.8 Å². The van der Waals surface area contributed by atoms with Gasteiger partial charge in [-0.15, -0.1) is 15.3 Å². The fourth-order valence-corrected chi connectivity index (χ4v) is 3.79. The molecule has 0 fully saturated rings. The van der Waals surface area contributed by atoms with Crippen LogP contribution in [0.15, 0.2) is 74.7 Å². The highest BCUT2D eigenvalue weighted by Gasteiger charge is 2.07. The molecule has 0 radical (unpaired) electrons. The van der Waals surface area contributed by atoms with E-state index in [0.29, 0.717) is 21.8 Å². The number of thioether (sulfide) groups is 1. The zero-order chi connectivity index (χ0) is 30.7. The van der Waals surface area contributed by atoms with Crippen molar-refractivity contribution in [2.75, 3.05) is 48.0 Å². The van der Waals surface area contributed by atoms with Crippen LogP contribution in [0.1, 0.15) is 27.7 Å². The highest BCUT2D eigenvalue weighted by Crippen LogP contribution is 2.22. The molecular formula is C28H40Br3N5O3S2. The fourth-order valence-electron chi connectivity index (χ4n) is 2.70. The van der Waals surface area contributed by atoms with E-state index in [1.165, 1.54) is 19.6 Å². The molecule has 0 atom stereocenters. The maximum absolute atomic E-state index is 7.57. The van der Waals surface area contributed by atoms with E-state index < -0.39 is 0 Å². The van der Waals surface area contributed by atoms with Crippen LogP contribution in [0.25, 0.3) is 22.9 Å². The summed E-state index contributed by atoms with van der Waals surface area (Å²) in [7, 11) is 0. The molecule has 41 heavy (non-hydrogen) atoms. The highest BCUT2D eigenvalue weighted by atomic mass is 79.9. The predicted octanol–water partition coefficient (Wildman–Crippen LogP) is 8.75. The molecule has 0 saturated carbocycles. The number of H-pyrrole nitrogens is 1. The van der Waals surface area contributed by atoms with Crippen LogP contribution < -0.4 is 0 Å². The quantitative estimate of drug-likeness (QED) is 0.0978. The van der Waals surface area contributed by atoms with E-state index in [-0.39, 0.29) is 6.61 Å². The van der Waals surface area contributed by atoms with Crippen molar-refractivity contribution < 1.29 is 13.9 Å².